The highest BCUT2D eigenvalue weighted by Gasteiger charge is 2.18. The van der Waals surface area contributed by atoms with Gasteiger partial charge < -0.3 is 5.11 Å². The van der Waals surface area contributed by atoms with Crippen molar-refractivity contribution in [3.63, 3.8) is 0 Å². The molecular weight excluding hydrogens is 237 g/mol. The normalized spacial score (nSPS) is 11.8. The van der Waals surface area contributed by atoms with Crippen LogP contribution < -0.4 is 0 Å². The summed E-state index contributed by atoms with van der Waals surface area (Å²) in [6.45, 7) is 0. The molecule has 0 radical (unpaired) electrons. The second-order valence-electron chi connectivity index (χ2n) is 2.92. The molecule has 0 amide bonds. The van der Waals surface area contributed by atoms with Crippen LogP contribution in [0.15, 0.2) is 18.2 Å². The summed E-state index contributed by atoms with van der Waals surface area (Å²) in [7, 11) is 0. The molecule has 1 aromatic rings. The van der Waals surface area contributed by atoms with Crippen molar-refractivity contribution in [3.8, 4) is 6.07 Å². The van der Waals surface area contributed by atoms with Gasteiger partial charge in [0.15, 0.2) is 0 Å². The second kappa shape index (κ2) is 5.01. The first-order valence-corrected chi connectivity index (χ1v) is 4.87. The van der Waals surface area contributed by atoms with Gasteiger partial charge in [0.1, 0.15) is 0 Å². The van der Waals surface area contributed by atoms with Crippen molar-refractivity contribution in [2.24, 2.45) is 0 Å². The van der Waals surface area contributed by atoms with E-state index in [-0.39, 0.29) is 11.4 Å². The highest BCUT2D eigenvalue weighted by atomic mass is 35.5. The highest BCUT2D eigenvalue weighted by molar-refractivity contribution is 6.42. The van der Waals surface area contributed by atoms with E-state index in [4.69, 9.17) is 33.6 Å². The second-order valence-corrected chi connectivity index (χ2v) is 3.71. The van der Waals surface area contributed by atoms with E-state index in [9.17, 15) is 4.79 Å². The number of carboxylic acid groups (broad SMARTS) is 1. The molecule has 0 aliphatic carbocycles. The van der Waals surface area contributed by atoms with Crippen molar-refractivity contribution < 1.29 is 9.90 Å². The first-order chi connectivity index (χ1) is 7.06. The minimum Gasteiger partial charge on any atom is -0.481 e. The zero-order valence-corrected chi connectivity index (χ0v) is 9.09. The summed E-state index contributed by atoms with van der Waals surface area (Å²) in [6, 6.07) is 6.72. The largest absolute Gasteiger partial charge is 0.481 e. The van der Waals surface area contributed by atoms with E-state index in [0.717, 1.165) is 0 Å². The molecule has 0 bridgehead atoms. The average Bonchev–Trinajstić information content (AvgIpc) is 2.19. The van der Waals surface area contributed by atoms with Gasteiger partial charge >= 0.3 is 5.97 Å². The molecule has 1 unspecified atom stereocenters. The maximum absolute atomic E-state index is 10.5. The van der Waals surface area contributed by atoms with Gasteiger partial charge in [-0.15, -0.1) is 0 Å². The molecule has 1 N–H and O–H groups in total. The SMILES string of the molecule is N#CC(CC(=O)O)c1cccc(Cl)c1Cl. The van der Waals surface area contributed by atoms with Crippen molar-refractivity contribution in [1.29, 1.82) is 5.26 Å². The summed E-state index contributed by atoms with van der Waals surface area (Å²) in [5, 5.41) is 18.0. The minimum atomic E-state index is -1.04. The predicted octanol–water partition coefficient (Wildman–Crippen LogP) is 3.08. The van der Waals surface area contributed by atoms with Crippen LogP contribution in [-0.4, -0.2) is 11.1 Å². The third kappa shape index (κ3) is 2.85. The van der Waals surface area contributed by atoms with Crippen LogP contribution in [0.5, 0.6) is 0 Å². The molecule has 15 heavy (non-hydrogen) atoms. The van der Waals surface area contributed by atoms with Crippen LogP contribution in [0.25, 0.3) is 0 Å². The molecule has 0 aliphatic rings. The molecule has 0 aromatic heterocycles. The van der Waals surface area contributed by atoms with E-state index < -0.39 is 11.9 Å². The van der Waals surface area contributed by atoms with E-state index in [1.54, 1.807) is 18.2 Å². The number of hydrogen-bond donors (Lipinski definition) is 1. The number of hydrogen-bond acceptors (Lipinski definition) is 2. The molecule has 0 fully saturated rings. The van der Waals surface area contributed by atoms with Crippen molar-refractivity contribution >= 4 is 29.2 Å². The topological polar surface area (TPSA) is 61.1 Å². The Bertz CT molecular complexity index is 426. The molecule has 3 nitrogen and oxygen atoms in total. The van der Waals surface area contributed by atoms with Crippen molar-refractivity contribution in [2.75, 3.05) is 0 Å². The summed E-state index contributed by atoms with van der Waals surface area (Å²) >= 11 is 11.6. The van der Waals surface area contributed by atoms with Crippen LogP contribution in [0.4, 0.5) is 0 Å². The smallest absolute Gasteiger partial charge is 0.305 e. The third-order valence-corrected chi connectivity index (χ3v) is 2.72. The molecule has 0 saturated carbocycles. The number of aliphatic carboxylic acids is 1. The van der Waals surface area contributed by atoms with Crippen molar-refractivity contribution in [1.82, 2.24) is 0 Å². The highest BCUT2D eigenvalue weighted by Crippen LogP contribution is 2.32. The monoisotopic (exact) mass is 243 g/mol. The van der Waals surface area contributed by atoms with Gasteiger partial charge in [0, 0.05) is 0 Å². The van der Waals surface area contributed by atoms with Gasteiger partial charge in [-0.3, -0.25) is 4.79 Å². The minimum absolute atomic E-state index is 0.243. The van der Waals surface area contributed by atoms with Crippen LogP contribution in [0.1, 0.15) is 17.9 Å². The number of nitriles is 1. The van der Waals surface area contributed by atoms with Crippen LogP contribution in [0, 0.1) is 11.3 Å². The molecule has 1 atom stereocenters. The quantitative estimate of drug-likeness (QED) is 0.888. The third-order valence-electron chi connectivity index (χ3n) is 1.89. The van der Waals surface area contributed by atoms with Gasteiger partial charge in [-0.1, -0.05) is 35.3 Å². The summed E-state index contributed by atoms with van der Waals surface area (Å²) in [5.74, 6) is -1.81. The van der Waals surface area contributed by atoms with Gasteiger partial charge in [0.2, 0.25) is 0 Å². The fraction of sp³-hybridized carbons (Fsp3) is 0.200. The maximum Gasteiger partial charge on any atom is 0.305 e. The first-order valence-electron chi connectivity index (χ1n) is 4.11. The van der Waals surface area contributed by atoms with Gasteiger partial charge in [0.05, 0.1) is 28.5 Å². The van der Waals surface area contributed by atoms with Crippen LogP contribution in [0.3, 0.4) is 0 Å². The molecule has 1 aromatic carbocycles. The summed E-state index contributed by atoms with van der Waals surface area (Å²) < 4.78 is 0. The van der Waals surface area contributed by atoms with Crippen LogP contribution >= 0.6 is 23.2 Å². The van der Waals surface area contributed by atoms with E-state index in [1.807, 2.05) is 6.07 Å². The Morgan fingerprint density at radius 3 is 2.73 bits per heavy atom. The Hall–Kier alpha value is -1.24. The number of nitrogens with zero attached hydrogens (tertiary/aromatic N) is 1. The van der Waals surface area contributed by atoms with Gasteiger partial charge in [0.25, 0.3) is 0 Å². The molecule has 1 rings (SSSR count). The lowest BCUT2D eigenvalue weighted by atomic mass is 9.97. The molecular formula is C10H7Cl2NO2. The molecule has 78 valence electrons. The first kappa shape index (κ1) is 11.8. The van der Waals surface area contributed by atoms with E-state index in [2.05, 4.69) is 0 Å². The zero-order chi connectivity index (χ0) is 11.4. The molecule has 0 aliphatic heterocycles. The number of halogens is 2. The van der Waals surface area contributed by atoms with Crippen LogP contribution in [-0.2, 0) is 4.79 Å². The Kier molecular flexibility index (Phi) is 3.96. The van der Waals surface area contributed by atoms with E-state index >= 15 is 0 Å². The van der Waals surface area contributed by atoms with E-state index in [1.165, 1.54) is 0 Å². The summed E-state index contributed by atoms with van der Waals surface area (Å²) in [5.41, 5.74) is 0.453. The standard InChI is InChI=1S/C10H7Cl2NO2/c11-8-3-1-2-7(10(8)12)6(5-13)4-9(14)15/h1-3,6H,4H2,(H,14,15). The van der Waals surface area contributed by atoms with Gasteiger partial charge in [-0.05, 0) is 11.6 Å². The fourth-order valence-corrected chi connectivity index (χ4v) is 1.63. The van der Waals surface area contributed by atoms with Crippen molar-refractivity contribution in [2.45, 2.75) is 12.3 Å². The molecule has 0 spiro atoms. The zero-order valence-electron chi connectivity index (χ0n) is 7.58. The maximum atomic E-state index is 10.5. The summed E-state index contributed by atoms with van der Waals surface area (Å²) in [4.78, 5) is 10.5. The number of rotatable bonds is 3. The number of benzene rings is 1. The Labute approximate surface area is 96.8 Å². The number of carboxylic acids is 1. The fourth-order valence-electron chi connectivity index (χ4n) is 1.19. The number of carbonyl (C=O) groups is 1. The molecule has 5 heteroatoms. The Balaban J connectivity index is 3.08. The van der Waals surface area contributed by atoms with Gasteiger partial charge in [-0.2, -0.15) is 5.26 Å². The lowest BCUT2D eigenvalue weighted by molar-refractivity contribution is -0.137. The van der Waals surface area contributed by atoms with Crippen molar-refractivity contribution in [3.05, 3.63) is 33.8 Å². The van der Waals surface area contributed by atoms with Gasteiger partial charge in [-0.25, -0.2) is 0 Å². The Morgan fingerprint density at radius 2 is 2.20 bits per heavy atom. The molecule has 0 saturated heterocycles. The van der Waals surface area contributed by atoms with E-state index in [0.29, 0.717) is 10.6 Å². The predicted molar refractivity (Wildman–Crippen MR) is 57.1 cm³/mol. The Morgan fingerprint density at radius 1 is 1.53 bits per heavy atom. The summed E-state index contributed by atoms with van der Waals surface area (Å²) in [6.07, 6.45) is -0.281. The molecule has 0 heterocycles. The average molecular weight is 244 g/mol. The van der Waals surface area contributed by atoms with Crippen LogP contribution in [0.2, 0.25) is 10.0 Å². The lowest BCUT2D eigenvalue weighted by Crippen LogP contribution is -2.05. The lowest BCUT2D eigenvalue weighted by Gasteiger charge is -2.09.